The molecule has 3 rings (SSSR count). The van der Waals surface area contributed by atoms with Gasteiger partial charge in [0.1, 0.15) is 0 Å². The van der Waals surface area contributed by atoms with Crippen LogP contribution in [0.25, 0.3) is 0 Å². The molecule has 1 N–H and O–H groups in total. The van der Waals surface area contributed by atoms with Crippen LogP contribution in [-0.4, -0.2) is 5.91 Å². The Bertz CT molecular complexity index is 508. The zero-order valence-electron chi connectivity index (χ0n) is 12.6. The Morgan fingerprint density at radius 2 is 2.15 bits per heavy atom. The molecule has 20 heavy (non-hydrogen) atoms. The summed E-state index contributed by atoms with van der Waals surface area (Å²) >= 11 is 0. The predicted molar refractivity (Wildman–Crippen MR) is 82.7 cm³/mol. The van der Waals surface area contributed by atoms with E-state index in [1.165, 1.54) is 36.8 Å². The summed E-state index contributed by atoms with van der Waals surface area (Å²) in [4.78, 5) is 12.4. The number of hydrogen-bond donors (Lipinski definition) is 1. The lowest BCUT2D eigenvalue weighted by Crippen LogP contribution is -2.21. The van der Waals surface area contributed by atoms with E-state index in [4.69, 9.17) is 0 Å². The normalized spacial score (nSPS) is 27.8. The topological polar surface area (TPSA) is 29.1 Å². The fourth-order valence-corrected chi connectivity index (χ4v) is 4.26. The third-order valence-electron chi connectivity index (χ3n) is 5.34. The molecular formula is C18H25NO. The van der Waals surface area contributed by atoms with Crippen LogP contribution in [0.1, 0.15) is 50.2 Å². The standard InChI is InChI=1S/C18H25NO/c1-3-14-6-4-5-12(2)18(14)19-17(20)11-16-10-13-7-8-15(16)9-13/h4-6,13,15-16H,3,7-11H2,1-2H3,(H,19,20)/t13-,15-,16+/m1/s1. The highest BCUT2D eigenvalue weighted by Crippen LogP contribution is 2.49. The number of para-hydroxylation sites is 1. The van der Waals surface area contributed by atoms with E-state index in [9.17, 15) is 4.79 Å². The lowest BCUT2D eigenvalue weighted by molar-refractivity contribution is -0.117. The highest BCUT2D eigenvalue weighted by molar-refractivity contribution is 5.92. The Morgan fingerprint density at radius 1 is 1.30 bits per heavy atom. The molecule has 2 aliphatic carbocycles. The number of benzene rings is 1. The highest BCUT2D eigenvalue weighted by Gasteiger charge is 2.40. The Hall–Kier alpha value is -1.31. The molecule has 2 fully saturated rings. The largest absolute Gasteiger partial charge is 0.326 e. The van der Waals surface area contributed by atoms with Crippen LogP contribution in [0.5, 0.6) is 0 Å². The second kappa shape index (κ2) is 5.59. The van der Waals surface area contributed by atoms with Crippen LogP contribution < -0.4 is 5.32 Å². The van der Waals surface area contributed by atoms with Crippen molar-refractivity contribution in [3.63, 3.8) is 0 Å². The van der Waals surface area contributed by atoms with Gasteiger partial charge < -0.3 is 5.32 Å². The molecule has 2 saturated carbocycles. The Balaban J connectivity index is 1.64. The number of amides is 1. The molecule has 1 aromatic rings. The van der Waals surface area contributed by atoms with Crippen LogP contribution in [0.15, 0.2) is 18.2 Å². The molecule has 3 atom stereocenters. The lowest BCUT2D eigenvalue weighted by Gasteiger charge is -2.21. The molecule has 108 valence electrons. The monoisotopic (exact) mass is 271 g/mol. The first-order valence-electron chi connectivity index (χ1n) is 8.05. The van der Waals surface area contributed by atoms with Crippen molar-refractivity contribution in [1.29, 1.82) is 0 Å². The fraction of sp³-hybridized carbons (Fsp3) is 0.611. The molecule has 1 aromatic carbocycles. The van der Waals surface area contributed by atoms with Crippen LogP contribution >= 0.6 is 0 Å². The molecule has 0 radical (unpaired) electrons. The summed E-state index contributed by atoms with van der Waals surface area (Å²) in [6, 6.07) is 6.26. The number of anilines is 1. The van der Waals surface area contributed by atoms with E-state index in [0.717, 1.165) is 30.4 Å². The quantitative estimate of drug-likeness (QED) is 0.868. The minimum atomic E-state index is 0.214. The third-order valence-corrected chi connectivity index (χ3v) is 5.34. The zero-order chi connectivity index (χ0) is 14.1. The van der Waals surface area contributed by atoms with E-state index in [1.54, 1.807) is 0 Å². The molecule has 1 amide bonds. The number of carbonyl (C=O) groups excluding carboxylic acids is 1. The van der Waals surface area contributed by atoms with Gasteiger partial charge in [-0.05, 0) is 61.5 Å². The molecule has 0 aromatic heterocycles. The van der Waals surface area contributed by atoms with Gasteiger partial charge in [0.25, 0.3) is 0 Å². The van der Waals surface area contributed by atoms with E-state index >= 15 is 0 Å². The molecular weight excluding hydrogens is 246 g/mol. The van der Waals surface area contributed by atoms with Crippen LogP contribution in [0, 0.1) is 24.7 Å². The predicted octanol–water partition coefficient (Wildman–Crippen LogP) is 4.32. The number of aryl methyl sites for hydroxylation is 2. The van der Waals surface area contributed by atoms with Crippen molar-refractivity contribution in [2.24, 2.45) is 17.8 Å². The summed E-state index contributed by atoms with van der Waals surface area (Å²) in [7, 11) is 0. The molecule has 0 aliphatic heterocycles. The van der Waals surface area contributed by atoms with Crippen molar-refractivity contribution in [1.82, 2.24) is 0 Å². The van der Waals surface area contributed by atoms with Gasteiger partial charge in [0.2, 0.25) is 5.91 Å². The van der Waals surface area contributed by atoms with Gasteiger partial charge in [0, 0.05) is 12.1 Å². The molecule has 2 heteroatoms. The average Bonchev–Trinajstić information content (AvgIpc) is 3.03. The number of rotatable bonds is 4. The summed E-state index contributed by atoms with van der Waals surface area (Å²) in [5.74, 6) is 2.60. The molecule has 0 saturated heterocycles. The molecule has 2 bridgehead atoms. The Morgan fingerprint density at radius 3 is 2.80 bits per heavy atom. The molecule has 0 heterocycles. The van der Waals surface area contributed by atoms with E-state index in [2.05, 4.69) is 37.4 Å². The van der Waals surface area contributed by atoms with Crippen molar-refractivity contribution in [2.45, 2.75) is 52.4 Å². The van der Waals surface area contributed by atoms with Crippen molar-refractivity contribution < 1.29 is 4.79 Å². The lowest BCUT2D eigenvalue weighted by atomic mass is 9.86. The average molecular weight is 271 g/mol. The van der Waals surface area contributed by atoms with E-state index in [0.29, 0.717) is 5.92 Å². The smallest absolute Gasteiger partial charge is 0.224 e. The maximum Gasteiger partial charge on any atom is 0.224 e. The van der Waals surface area contributed by atoms with Crippen LogP contribution in [0.2, 0.25) is 0 Å². The van der Waals surface area contributed by atoms with Crippen molar-refractivity contribution in [2.75, 3.05) is 5.32 Å². The van der Waals surface area contributed by atoms with E-state index < -0.39 is 0 Å². The van der Waals surface area contributed by atoms with Crippen LogP contribution in [0.3, 0.4) is 0 Å². The van der Waals surface area contributed by atoms with Crippen molar-refractivity contribution in [3.8, 4) is 0 Å². The third kappa shape index (κ3) is 2.61. The van der Waals surface area contributed by atoms with E-state index in [-0.39, 0.29) is 5.91 Å². The SMILES string of the molecule is CCc1cccc(C)c1NC(=O)C[C@@H]1C[C@@H]2CC[C@@H]1C2. The van der Waals surface area contributed by atoms with Crippen molar-refractivity contribution in [3.05, 3.63) is 29.3 Å². The summed E-state index contributed by atoms with van der Waals surface area (Å²) < 4.78 is 0. The fourth-order valence-electron chi connectivity index (χ4n) is 4.26. The zero-order valence-corrected chi connectivity index (χ0v) is 12.6. The van der Waals surface area contributed by atoms with Gasteiger partial charge in [-0.1, -0.05) is 31.5 Å². The summed E-state index contributed by atoms with van der Waals surface area (Å²) in [6.07, 6.45) is 7.10. The summed E-state index contributed by atoms with van der Waals surface area (Å²) in [6.45, 7) is 4.21. The van der Waals surface area contributed by atoms with Gasteiger partial charge in [0.05, 0.1) is 0 Å². The minimum Gasteiger partial charge on any atom is -0.326 e. The first-order chi connectivity index (χ1) is 9.67. The second-order valence-electron chi connectivity index (χ2n) is 6.65. The van der Waals surface area contributed by atoms with Gasteiger partial charge in [-0.2, -0.15) is 0 Å². The molecule has 0 spiro atoms. The highest BCUT2D eigenvalue weighted by atomic mass is 16.1. The second-order valence-corrected chi connectivity index (χ2v) is 6.65. The molecule has 2 nitrogen and oxygen atoms in total. The maximum atomic E-state index is 12.4. The Labute approximate surface area is 122 Å². The van der Waals surface area contributed by atoms with Gasteiger partial charge in [-0.3, -0.25) is 4.79 Å². The maximum absolute atomic E-state index is 12.4. The van der Waals surface area contributed by atoms with Gasteiger partial charge in [-0.15, -0.1) is 0 Å². The Kier molecular flexibility index (Phi) is 3.82. The van der Waals surface area contributed by atoms with Crippen molar-refractivity contribution >= 4 is 11.6 Å². The summed E-state index contributed by atoms with van der Waals surface area (Å²) in [5, 5.41) is 3.18. The first-order valence-corrected chi connectivity index (χ1v) is 8.05. The number of nitrogens with one attached hydrogen (secondary N) is 1. The van der Waals surface area contributed by atoms with Crippen LogP contribution in [-0.2, 0) is 11.2 Å². The molecule has 0 unspecified atom stereocenters. The van der Waals surface area contributed by atoms with Gasteiger partial charge in [0.15, 0.2) is 0 Å². The summed E-state index contributed by atoms with van der Waals surface area (Å²) in [5.41, 5.74) is 3.46. The number of hydrogen-bond acceptors (Lipinski definition) is 1. The first kappa shape index (κ1) is 13.7. The van der Waals surface area contributed by atoms with Crippen LogP contribution in [0.4, 0.5) is 5.69 Å². The van der Waals surface area contributed by atoms with Gasteiger partial charge in [-0.25, -0.2) is 0 Å². The number of fused-ring (bicyclic) bond motifs is 2. The molecule has 2 aliphatic rings. The number of carbonyl (C=O) groups is 1. The minimum absolute atomic E-state index is 0.214. The van der Waals surface area contributed by atoms with E-state index in [1.807, 2.05) is 0 Å². The van der Waals surface area contributed by atoms with Gasteiger partial charge >= 0.3 is 0 Å².